The van der Waals surface area contributed by atoms with Crippen molar-refractivity contribution in [2.75, 3.05) is 25.5 Å². The molecule has 1 aromatic carbocycles. The maximum Gasteiger partial charge on any atom is 0.227 e. The minimum absolute atomic E-state index is 0.0259. The fourth-order valence-corrected chi connectivity index (χ4v) is 2.21. The van der Waals surface area contributed by atoms with Crippen molar-refractivity contribution in [3.05, 3.63) is 29.8 Å². The van der Waals surface area contributed by atoms with Crippen molar-refractivity contribution in [1.29, 1.82) is 0 Å². The van der Waals surface area contributed by atoms with E-state index < -0.39 is 0 Å². The molecule has 1 atom stereocenters. The molecule has 0 bridgehead atoms. The summed E-state index contributed by atoms with van der Waals surface area (Å²) < 4.78 is 0. The van der Waals surface area contributed by atoms with Gasteiger partial charge >= 0.3 is 0 Å². The fraction of sp³-hybridized carbons (Fsp3) is 0.429. The molecule has 18 heavy (non-hydrogen) atoms. The molecule has 4 nitrogen and oxygen atoms in total. The van der Waals surface area contributed by atoms with E-state index in [9.17, 15) is 9.59 Å². The average molecular weight is 246 g/mol. The van der Waals surface area contributed by atoms with Crippen LogP contribution in [0.25, 0.3) is 0 Å². The van der Waals surface area contributed by atoms with Crippen molar-refractivity contribution in [1.82, 2.24) is 4.90 Å². The van der Waals surface area contributed by atoms with E-state index in [-0.39, 0.29) is 17.7 Å². The molecule has 1 aromatic rings. The monoisotopic (exact) mass is 246 g/mol. The number of anilines is 1. The summed E-state index contributed by atoms with van der Waals surface area (Å²) in [5.41, 5.74) is 2.03. The van der Waals surface area contributed by atoms with E-state index in [2.05, 4.69) is 0 Å². The van der Waals surface area contributed by atoms with Crippen LogP contribution in [-0.2, 0) is 9.59 Å². The molecule has 0 radical (unpaired) electrons. The number of nitrogens with zero attached hydrogens (tertiary/aromatic N) is 2. The number of rotatable bonds is 2. The molecule has 1 heterocycles. The number of amides is 2. The first kappa shape index (κ1) is 12.6. The SMILES string of the molecule is Cc1ccc(N2C[C@H](C(=O)N(C)C)CC2=O)cc1. The van der Waals surface area contributed by atoms with Crippen LogP contribution in [0.3, 0.4) is 0 Å². The number of carbonyl (C=O) groups excluding carboxylic acids is 2. The van der Waals surface area contributed by atoms with Gasteiger partial charge in [0.1, 0.15) is 0 Å². The molecule has 1 saturated heterocycles. The quantitative estimate of drug-likeness (QED) is 0.792. The van der Waals surface area contributed by atoms with E-state index in [1.165, 1.54) is 0 Å². The van der Waals surface area contributed by atoms with Crippen LogP contribution in [-0.4, -0.2) is 37.4 Å². The standard InChI is InChI=1S/C14H18N2O2/c1-10-4-6-12(7-5-10)16-9-11(8-13(16)17)14(18)15(2)3/h4-7,11H,8-9H2,1-3H3/t11-/m1/s1. The Bertz CT molecular complexity index is 465. The van der Waals surface area contributed by atoms with Crippen LogP contribution in [0.4, 0.5) is 5.69 Å². The van der Waals surface area contributed by atoms with Gasteiger partial charge in [0, 0.05) is 32.7 Å². The largest absolute Gasteiger partial charge is 0.349 e. The third kappa shape index (κ3) is 2.37. The van der Waals surface area contributed by atoms with Gasteiger partial charge in [0.2, 0.25) is 11.8 Å². The van der Waals surface area contributed by atoms with E-state index in [1.807, 2.05) is 31.2 Å². The third-order valence-electron chi connectivity index (χ3n) is 3.26. The van der Waals surface area contributed by atoms with Gasteiger partial charge in [0.05, 0.1) is 5.92 Å². The molecule has 2 amide bonds. The Morgan fingerprint density at radius 1 is 1.28 bits per heavy atom. The summed E-state index contributed by atoms with van der Waals surface area (Å²) in [6, 6.07) is 7.80. The Hall–Kier alpha value is -1.84. The van der Waals surface area contributed by atoms with E-state index in [0.717, 1.165) is 11.3 Å². The van der Waals surface area contributed by atoms with Crippen LogP contribution in [0, 0.1) is 12.8 Å². The highest BCUT2D eigenvalue weighted by atomic mass is 16.2. The van der Waals surface area contributed by atoms with E-state index >= 15 is 0 Å². The second-order valence-corrected chi connectivity index (χ2v) is 4.97. The van der Waals surface area contributed by atoms with Crippen LogP contribution < -0.4 is 4.90 Å². The summed E-state index contributed by atoms with van der Waals surface area (Å²) in [4.78, 5) is 27.1. The van der Waals surface area contributed by atoms with E-state index in [4.69, 9.17) is 0 Å². The maximum absolute atomic E-state index is 12.0. The number of carbonyl (C=O) groups is 2. The zero-order chi connectivity index (χ0) is 13.3. The Morgan fingerprint density at radius 2 is 1.89 bits per heavy atom. The minimum atomic E-state index is -0.214. The second-order valence-electron chi connectivity index (χ2n) is 4.97. The fourth-order valence-electron chi connectivity index (χ4n) is 2.21. The van der Waals surface area contributed by atoms with Gasteiger partial charge < -0.3 is 9.80 Å². The summed E-state index contributed by atoms with van der Waals surface area (Å²) in [7, 11) is 3.45. The topological polar surface area (TPSA) is 40.6 Å². The molecule has 0 N–H and O–H groups in total. The third-order valence-corrected chi connectivity index (χ3v) is 3.26. The van der Waals surface area contributed by atoms with Crippen molar-refractivity contribution >= 4 is 17.5 Å². The lowest BCUT2D eigenvalue weighted by Crippen LogP contribution is -2.32. The predicted octanol–water partition coefficient (Wildman–Crippen LogP) is 1.44. The van der Waals surface area contributed by atoms with Gasteiger partial charge in [-0.3, -0.25) is 9.59 Å². The smallest absolute Gasteiger partial charge is 0.227 e. The first-order chi connectivity index (χ1) is 8.49. The summed E-state index contributed by atoms with van der Waals surface area (Å²) in [6.45, 7) is 2.49. The maximum atomic E-state index is 12.0. The number of benzene rings is 1. The summed E-state index contributed by atoms with van der Waals surface area (Å²) >= 11 is 0. The van der Waals surface area contributed by atoms with Gasteiger partial charge in [-0.2, -0.15) is 0 Å². The van der Waals surface area contributed by atoms with Crippen LogP contribution in [0.5, 0.6) is 0 Å². The van der Waals surface area contributed by atoms with Gasteiger partial charge in [-0.15, -0.1) is 0 Å². The molecule has 1 fully saturated rings. The van der Waals surface area contributed by atoms with Crippen LogP contribution in [0.1, 0.15) is 12.0 Å². The van der Waals surface area contributed by atoms with Gasteiger partial charge in [0.15, 0.2) is 0 Å². The average Bonchev–Trinajstić information content (AvgIpc) is 2.71. The van der Waals surface area contributed by atoms with Gasteiger partial charge in [-0.25, -0.2) is 0 Å². The van der Waals surface area contributed by atoms with Crippen LogP contribution in [0.15, 0.2) is 24.3 Å². The molecule has 1 aliphatic heterocycles. The first-order valence-electron chi connectivity index (χ1n) is 6.07. The molecule has 1 aliphatic rings. The number of hydrogen-bond donors (Lipinski definition) is 0. The summed E-state index contributed by atoms with van der Waals surface area (Å²) in [5.74, 6) is -0.161. The molecule has 2 rings (SSSR count). The lowest BCUT2D eigenvalue weighted by Gasteiger charge is -2.18. The molecule has 0 aliphatic carbocycles. The van der Waals surface area contributed by atoms with Gasteiger partial charge in [-0.05, 0) is 19.1 Å². The van der Waals surface area contributed by atoms with Crippen molar-refractivity contribution in [2.45, 2.75) is 13.3 Å². The Balaban J connectivity index is 2.15. The van der Waals surface area contributed by atoms with Crippen molar-refractivity contribution in [3.8, 4) is 0 Å². The molecule has 0 saturated carbocycles. The molecule has 4 heteroatoms. The summed E-state index contributed by atoms with van der Waals surface area (Å²) in [5, 5.41) is 0. The number of hydrogen-bond acceptors (Lipinski definition) is 2. The Morgan fingerprint density at radius 3 is 2.44 bits per heavy atom. The van der Waals surface area contributed by atoms with E-state index in [1.54, 1.807) is 23.9 Å². The number of aryl methyl sites for hydroxylation is 1. The van der Waals surface area contributed by atoms with Gasteiger partial charge in [-0.1, -0.05) is 17.7 Å². The predicted molar refractivity (Wildman–Crippen MR) is 70.3 cm³/mol. The molecular weight excluding hydrogens is 228 g/mol. The van der Waals surface area contributed by atoms with Crippen LogP contribution in [0.2, 0.25) is 0 Å². The highest BCUT2D eigenvalue weighted by Crippen LogP contribution is 2.26. The van der Waals surface area contributed by atoms with E-state index in [0.29, 0.717) is 13.0 Å². The highest BCUT2D eigenvalue weighted by molar-refractivity contribution is 6.00. The van der Waals surface area contributed by atoms with Gasteiger partial charge in [0.25, 0.3) is 0 Å². The molecule has 96 valence electrons. The summed E-state index contributed by atoms with van der Waals surface area (Å²) in [6.07, 6.45) is 0.310. The highest BCUT2D eigenvalue weighted by Gasteiger charge is 2.35. The zero-order valence-electron chi connectivity index (χ0n) is 11.0. The Labute approximate surface area is 107 Å². The molecule has 0 spiro atoms. The normalized spacial score (nSPS) is 19.2. The van der Waals surface area contributed by atoms with Crippen molar-refractivity contribution in [2.24, 2.45) is 5.92 Å². The zero-order valence-corrected chi connectivity index (χ0v) is 11.0. The lowest BCUT2D eigenvalue weighted by atomic mass is 10.1. The molecular formula is C14H18N2O2. The van der Waals surface area contributed by atoms with Crippen molar-refractivity contribution in [3.63, 3.8) is 0 Å². The minimum Gasteiger partial charge on any atom is -0.349 e. The second kappa shape index (κ2) is 4.80. The van der Waals surface area contributed by atoms with Crippen molar-refractivity contribution < 1.29 is 9.59 Å². The van der Waals surface area contributed by atoms with Crippen LogP contribution >= 0.6 is 0 Å². The Kier molecular flexibility index (Phi) is 3.36. The first-order valence-corrected chi connectivity index (χ1v) is 6.07. The molecule has 0 unspecified atom stereocenters. The molecule has 0 aromatic heterocycles. The lowest BCUT2D eigenvalue weighted by molar-refractivity contribution is -0.133.